The number of amides is 1. The van der Waals surface area contributed by atoms with Gasteiger partial charge in [-0.05, 0) is 43.0 Å². The molecule has 0 radical (unpaired) electrons. The molecule has 0 bridgehead atoms. The fourth-order valence-electron chi connectivity index (χ4n) is 2.67. The van der Waals surface area contributed by atoms with Crippen LogP contribution in [0, 0.1) is 0 Å². The Morgan fingerprint density at radius 3 is 2.52 bits per heavy atom. The van der Waals surface area contributed by atoms with Gasteiger partial charge in [0.1, 0.15) is 0 Å². The van der Waals surface area contributed by atoms with E-state index in [4.69, 9.17) is 5.73 Å². The van der Waals surface area contributed by atoms with E-state index in [0.717, 1.165) is 31.5 Å². The highest BCUT2D eigenvalue weighted by molar-refractivity contribution is 5.96. The number of ether oxygens (including phenoxy) is 1. The highest BCUT2D eigenvalue weighted by Crippen LogP contribution is 2.20. The van der Waals surface area contributed by atoms with Gasteiger partial charge in [-0.1, -0.05) is 30.3 Å². The first kappa shape index (κ1) is 20.3. The Morgan fingerprint density at radius 2 is 1.81 bits per heavy atom. The second-order valence-electron chi connectivity index (χ2n) is 6.25. The summed E-state index contributed by atoms with van der Waals surface area (Å²) in [5.74, 6) is -0.623. The molecule has 2 rings (SSSR count). The lowest BCUT2D eigenvalue weighted by Gasteiger charge is -2.11. The van der Waals surface area contributed by atoms with Crippen LogP contribution in [0.4, 0.5) is 11.4 Å². The molecule has 0 heterocycles. The van der Waals surface area contributed by atoms with E-state index in [0.29, 0.717) is 11.3 Å². The molecule has 0 spiro atoms. The molecule has 4 N–H and O–H groups in total. The third-order valence-corrected chi connectivity index (χ3v) is 4.21. The average Bonchev–Trinajstić information content (AvgIpc) is 2.69. The third kappa shape index (κ3) is 7.01. The maximum absolute atomic E-state index is 12.1. The Bertz CT molecular complexity index is 748. The van der Waals surface area contributed by atoms with Gasteiger partial charge in [-0.3, -0.25) is 9.59 Å². The number of unbranched alkanes of at least 4 members (excludes halogenated alkanes) is 1. The molecule has 27 heavy (non-hydrogen) atoms. The minimum Gasteiger partial charge on any atom is -0.469 e. The number of hydrogen-bond acceptors (Lipinski definition) is 5. The summed E-state index contributed by atoms with van der Waals surface area (Å²) in [4.78, 5) is 23.1. The number of carbonyl (C=O) groups excluding carboxylic acids is 2. The van der Waals surface area contributed by atoms with Crippen molar-refractivity contribution in [2.45, 2.75) is 25.7 Å². The zero-order valence-corrected chi connectivity index (χ0v) is 15.7. The number of nitrogens with one attached hydrogen (secondary N) is 2. The van der Waals surface area contributed by atoms with Gasteiger partial charge in [0, 0.05) is 18.7 Å². The van der Waals surface area contributed by atoms with E-state index < -0.39 is 0 Å². The number of benzene rings is 2. The van der Waals surface area contributed by atoms with Crippen molar-refractivity contribution >= 4 is 23.3 Å². The van der Waals surface area contributed by atoms with E-state index >= 15 is 0 Å². The maximum Gasteiger partial charge on any atom is 0.307 e. The van der Waals surface area contributed by atoms with Crippen molar-refractivity contribution in [1.82, 2.24) is 5.32 Å². The van der Waals surface area contributed by atoms with Gasteiger partial charge in [0.2, 0.25) is 0 Å². The lowest BCUT2D eigenvalue weighted by Crippen LogP contribution is -2.26. The van der Waals surface area contributed by atoms with Crippen LogP contribution in [0.1, 0.15) is 35.2 Å². The van der Waals surface area contributed by atoms with Crippen LogP contribution >= 0.6 is 0 Å². The molecule has 0 aliphatic carbocycles. The molecular weight excluding hydrogens is 342 g/mol. The molecule has 0 atom stereocenters. The molecular formula is C21H27N3O3. The molecule has 6 nitrogen and oxygen atoms in total. The Hall–Kier alpha value is -3.02. The SMILES string of the molecule is COC(=O)CCNC(=O)c1ccc(NCCCCc2ccccc2)c(N)c1. The van der Waals surface area contributed by atoms with Gasteiger partial charge in [0.25, 0.3) is 5.91 Å². The zero-order valence-electron chi connectivity index (χ0n) is 15.7. The molecule has 2 aromatic rings. The molecule has 6 heteroatoms. The van der Waals surface area contributed by atoms with E-state index in [1.54, 1.807) is 12.1 Å². The van der Waals surface area contributed by atoms with Crippen LogP contribution in [0.2, 0.25) is 0 Å². The number of carbonyl (C=O) groups is 2. The number of nitrogens with two attached hydrogens (primary N) is 1. The largest absolute Gasteiger partial charge is 0.469 e. The number of rotatable bonds is 10. The monoisotopic (exact) mass is 369 g/mol. The highest BCUT2D eigenvalue weighted by Gasteiger charge is 2.09. The Labute approximate surface area is 160 Å². The van der Waals surface area contributed by atoms with E-state index in [2.05, 4.69) is 39.6 Å². The number of methoxy groups -OCH3 is 1. The second kappa shape index (κ2) is 10.9. The van der Waals surface area contributed by atoms with Gasteiger partial charge in [-0.25, -0.2) is 0 Å². The number of hydrogen-bond donors (Lipinski definition) is 3. The number of anilines is 2. The van der Waals surface area contributed by atoms with Gasteiger partial charge in [-0.15, -0.1) is 0 Å². The standard InChI is InChI=1S/C21H27N3O3/c1-27-20(25)12-14-24-21(26)17-10-11-19(18(22)15-17)23-13-6-5-9-16-7-3-2-4-8-16/h2-4,7-8,10-11,15,23H,5-6,9,12-14,22H2,1H3,(H,24,26). The van der Waals surface area contributed by atoms with E-state index in [-0.39, 0.29) is 24.8 Å². The van der Waals surface area contributed by atoms with E-state index in [9.17, 15) is 9.59 Å². The molecule has 0 saturated carbocycles. The Morgan fingerprint density at radius 1 is 1.04 bits per heavy atom. The minimum absolute atomic E-state index is 0.139. The number of nitrogen functional groups attached to an aromatic ring is 1. The van der Waals surface area contributed by atoms with Crippen LogP contribution in [-0.2, 0) is 16.0 Å². The third-order valence-electron chi connectivity index (χ3n) is 4.21. The van der Waals surface area contributed by atoms with Crippen LogP contribution in [0.5, 0.6) is 0 Å². The van der Waals surface area contributed by atoms with Crippen molar-refractivity contribution in [2.75, 3.05) is 31.2 Å². The molecule has 0 saturated heterocycles. The first-order valence-corrected chi connectivity index (χ1v) is 9.12. The van der Waals surface area contributed by atoms with Crippen LogP contribution in [0.3, 0.4) is 0 Å². The van der Waals surface area contributed by atoms with Crippen LogP contribution in [-0.4, -0.2) is 32.1 Å². The summed E-state index contributed by atoms with van der Waals surface area (Å²) in [6.45, 7) is 1.05. The van der Waals surface area contributed by atoms with Crippen LogP contribution < -0.4 is 16.4 Å². The topological polar surface area (TPSA) is 93.4 Å². The summed E-state index contributed by atoms with van der Waals surface area (Å²) in [7, 11) is 1.32. The molecule has 0 aliphatic rings. The van der Waals surface area contributed by atoms with Gasteiger partial charge in [-0.2, -0.15) is 0 Å². The molecule has 0 aromatic heterocycles. The quantitative estimate of drug-likeness (QED) is 0.340. The van der Waals surface area contributed by atoms with Gasteiger partial charge in [0.15, 0.2) is 0 Å². The molecule has 1 amide bonds. The molecule has 0 unspecified atom stereocenters. The minimum atomic E-state index is -0.360. The number of aryl methyl sites for hydroxylation is 1. The van der Waals surface area contributed by atoms with Crippen LogP contribution in [0.15, 0.2) is 48.5 Å². The summed E-state index contributed by atoms with van der Waals surface area (Å²) >= 11 is 0. The summed E-state index contributed by atoms with van der Waals surface area (Å²) in [6, 6.07) is 15.6. The van der Waals surface area contributed by atoms with Crippen molar-refractivity contribution in [3.05, 3.63) is 59.7 Å². The summed E-state index contributed by atoms with van der Waals surface area (Å²) < 4.78 is 4.53. The number of esters is 1. The predicted octanol–water partition coefficient (Wildman–Crippen LogP) is 3.00. The van der Waals surface area contributed by atoms with Gasteiger partial charge in [0.05, 0.1) is 24.9 Å². The zero-order chi connectivity index (χ0) is 19.5. The molecule has 144 valence electrons. The lowest BCUT2D eigenvalue weighted by atomic mass is 10.1. The second-order valence-corrected chi connectivity index (χ2v) is 6.25. The Balaban J connectivity index is 1.73. The normalized spacial score (nSPS) is 10.3. The average molecular weight is 369 g/mol. The summed E-state index contributed by atoms with van der Waals surface area (Å²) in [5, 5.41) is 5.98. The maximum atomic E-state index is 12.1. The fraction of sp³-hybridized carbons (Fsp3) is 0.333. The smallest absolute Gasteiger partial charge is 0.307 e. The van der Waals surface area contributed by atoms with Crippen molar-refractivity contribution in [3.8, 4) is 0 Å². The van der Waals surface area contributed by atoms with Crippen molar-refractivity contribution in [2.24, 2.45) is 0 Å². The summed E-state index contributed by atoms with van der Waals surface area (Å²) in [5.41, 5.74) is 9.21. The fourth-order valence-corrected chi connectivity index (χ4v) is 2.67. The predicted molar refractivity (Wildman–Crippen MR) is 108 cm³/mol. The molecule has 2 aromatic carbocycles. The van der Waals surface area contributed by atoms with Crippen molar-refractivity contribution in [1.29, 1.82) is 0 Å². The van der Waals surface area contributed by atoms with E-state index in [1.165, 1.54) is 12.7 Å². The molecule has 0 fully saturated rings. The summed E-state index contributed by atoms with van der Waals surface area (Å²) in [6.07, 6.45) is 3.32. The van der Waals surface area contributed by atoms with Gasteiger partial charge < -0.3 is 21.1 Å². The Kier molecular flexibility index (Phi) is 8.16. The van der Waals surface area contributed by atoms with Crippen molar-refractivity contribution in [3.63, 3.8) is 0 Å². The van der Waals surface area contributed by atoms with Crippen molar-refractivity contribution < 1.29 is 14.3 Å². The van der Waals surface area contributed by atoms with Crippen LogP contribution in [0.25, 0.3) is 0 Å². The first-order chi connectivity index (χ1) is 13.1. The first-order valence-electron chi connectivity index (χ1n) is 9.12. The molecule has 0 aliphatic heterocycles. The lowest BCUT2D eigenvalue weighted by molar-refractivity contribution is -0.140. The van der Waals surface area contributed by atoms with Gasteiger partial charge >= 0.3 is 5.97 Å². The van der Waals surface area contributed by atoms with E-state index in [1.807, 2.05) is 12.1 Å². The highest BCUT2D eigenvalue weighted by atomic mass is 16.5.